The summed E-state index contributed by atoms with van der Waals surface area (Å²) < 4.78 is 2.02. The predicted octanol–water partition coefficient (Wildman–Crippen LogP) is 2.82. The molecule has 2 heteroatoms. The quantitative estimate of drug-likeness (QED) is 0.693. The third-order valence-corrected chi connectivity index (χ3v) is 2.41. The van der Waals surface area contributed by atoms with Crippen LogP contribution in [0.1, 0.15) is 5.56 Å². The number of aryl methyl sites for hydroxylation is 1. The van der Waals surface area contributed by atoms with E-state index >= 15 is 0 Å². The lowest BCUT2D eigenvalue weighted by Crippen LogP contribution is -1.91. The van der Waals surface area contributed by atoms with Gasteiger partial charge in [0.1, 0.15) is 5.82 Å². The molecular formula is C13H14N2. The molecule has 0 bridgehead atoms. The van der Waals surface area contributed by atoms with E-state index in [1.54, 1.807) is 0 Å². The van der Waals surface area contributed by atoms with Crippen molar-refractivity contribution in [3.8, 4) is 11.4 Å². The van der Waals surface area contributed by atoms with E-state index in [2.05, 4.69) is 35.8 Å². The molecular weight excluding hydrogens is 184 g/mol. The average molecular weight is 198 g/mol. The van der Waals surface area contributed by atoms with Crippen LogP contribution in [0.4, 0.5) is 0 Å². The van der Waals surface area contributed by atoms with Crippen LogP contribution in [-0.4, -0.2) is 9.55 Å². The molecule has 0 N–H and O–H groups in total. The molecule has 0 atom stereocenters. The van der Waals surface area contributed by atoms with Gasteiger partial charge in [-0.2, -0.15) is 0 Å². The molecule has 76 valence electrons. The van der Waals surface area contributed by atoms with Gasteiger partial charge in [0, 0.05) is 25.0 Å². The highest BCUT2D eigenvalue weighted by atomic mass is 15.0. The summed E-state index contributed by atoms with van der Waals surface area (Å²) in [7, 11) is 2.00. The molecule has 1 aromatic heterocycles. The van der Waals surface area contributed by atoms with Gasteiger partial charge in [0.25, 0.3) is 0 Å². The second kappa shape index (κ2) is 4.13. The molecule has 1 aromatic carbocycles. The topological polar surface area (TPSA) is 17.8 Å². The Hall–Kier alpha value is -1.83. The highest BCUT2D eigenvalue weighted by molar-refractivity contribution is 5.55. The molecule has 15 heavy (non-hydrogen) atoms. The molecule has 0 saturated carbocycles. The summed E-state index contributed by atoms with van der Waals surface area (Å²) in [4.78, 5) is 4.30. The summed E-state index contributed by atoms with van der Waals surface area (Å²) in [5, 5.41) is 0. The number of rotatable bonds is 3. The largest absolute Gasteiger partial charge is 0.334 e. The maximum absolute atomic E-state index is 4.30. The van der Waals surface area contributed by atoms with E-state index in [4.69, 9.17) is 0 Å². The lowest BCUT2D eigenvalue weighted by atomic mass is 10.1. The van der Waals surface area contributed by atoms with Gasteiger partial charge in [-0.15, -0.1) is 6.58 Å². The standard InChI is InChI=1S/C13H14N2/c1-3-4-11-5-7-12(8-6-11)13-14-9-10-15(13)2/h3,5-10H,1,4H2,2H3. The van der Waals surface area contributed by atoms with Crippen molar-refractivity contribution in [2.45, 2.75) is 6.42 Å². The SMILES string of the molecule is C=CCc1ccc(-c2nccn2C)cc1. The summed E-state index contributed by atoms with van der Waals surface area (Å²) in [5.41, 5.74) is 2.43. The molecule has 2 nitrogen and oxygen atoms in total. The normalized spacial score (nSPS) is 10.2. The number of allylic oxidation sites excluding steroid dienone is 1. The van der Waals surface area contributed by atoms with Gasteiger partial charge in [0.05, 0.1) is 0 Å². The van der Waals surface area contributed by atoms with Crippen LogP contribution in [0, 0.1) is 0 Å². The third kappa shape index (κ3) is 1.99. The van der Waals surface area contributed by atoms with Gasteiger partial charge in [-0.1, -0.05) is 30.3 Å². The van der Waals surface area contributed by atoms with Gasteiger partial charge in [-0.25, -0.2) is 4.98 Å². The van der Waals surface area contributed by atoms with Crippen LogP contribution in [0.5, 0.6) is 0 Å². The first kappa shape index (κ1) is 9.71. The molecule has 0 amide bonds. The Labute approximate surface area is 89.9 Å². The van der Waals surface area contributed by atoms with E-state index in [0.717, 1.165) is 17.8 Å². The molecule has 0 aliphatic rings. The van der Waals surface area contributed by atoms with Gasteiger partial charge in [-0.3, -0.25) is 0 Å². The molecule has 2 rings (SSSR count). The minimum absolute atomic E-state index is 0.918. The zero-order chi connectivity index (χ0) is 10.7. The molecule has 0 aliphatic heterocycles. The van der Waals surface area contributed by atoms with Gasteiger partial charge >= 0.3 is 0 Å². The number of benzene rings is 1. The Balaban J connectivity index is 2.31. The molecule has 0 aliphatic carbocycles. The Bertz CT molecular complexity index is 452. The Morgan fingerprint density at radius 2 is 2.07 bits per heavy atom. The molecule has 0 saturated heterocycles. The molecule has 0 spiro atoms. The number of nitrogens with zero attached hydrogens (tertiary/aromatic N) is 2. The number of imidazole rings is 1. The molecule has 2 aromatic rings. The number of aromatic nitrogens is 2. The molecule has 0 fully saturated rings. The highest BCUT2D eigenvalue weighted by Crippen LogP contribution is 2.17. The van der Waals surface area contributed by atoms with E-state index in [0.29, 0.717) is 0 Å². The van der Waals surface area contributed by atoms with Gasteiger partial charge in [0.15, 0.2) is 0 Å². The maximum atomic E-state index is 4.30. The summed E-state index contributed by atoms with van der Waals surface area (Å²) in [6, 6.07) is 8.43. The summed E-state index contributed by atoms with van der Waals surface area (Å²) in [6.07, 6.45) is 6.59. The Morgan fingerprint density at radius 1 is 1.33 bits per heavy atom. The van der Waals surface area contributed by atoms with Crippen molar-refractivity contribution in [3.05, 3.63) is 54.9 Å². The minimum atomic E-state index is 0.918. The monoisotopic (exact) mass is 198 g/mol. The zero-order valence-corrected chi connectivity index (χ0v) is 8.85. The fourth-order valence-corrected chi connectivity index (χ4v) is 1.60. The summed E-state index contributed by atoms with van der Waals surface area (Å²) in [6.45, 7) is 3.73. The lowest BCUT2D eigenvalue weighted by molar-refractivity contribution is 0.925. The van der Waals surface area contributed by atoms with Crippen LogP contribution < -0.4 is 0 Å². The van der Waals surface area contributed by atoms with Crippen molar-refractivity contribution in [2.75, 3.05) is 0 Å². The Morgan fingerprint density at radius 3 is 2.60 bits per heavy atom. The second-order valence-electron chi connectivity index (χ2n) is 3.55. The summed E-state index contributed by atoms with van der Waals surface area (Å²) >= 11 is 0. The smallest absolute Gasteiger partial charge is 0.139 e. The van der Waals surface area contributed by atoms with Gasteiger partial charge < -0.3 is 4.57 Å². The van der Waals surface area contributed by atoms with Crippen molar-refractivity contribution >= 4 is 0 Å². The van der Waals surface area contributed by atoms with Gasteiger partial charge in [0.2, 0.25) is 0 Å². The van der Waals surface area contributed by atoms with Crippen LogP contribution in [0.25, 0.3) is 11.4 Å². The fraction of sp³-hybridized carbons (Fsp3) is 0.154. The van der Waals surface area contributed by atoms with Crippen molar-refractivity contribution in [2.24, 2.45) is 7.05 Å². The average Bonchev–Trinajstić information content (AvgIpc) is 2.66. The highest BCUT2D eigenvalue weighted by Gasteiger charge is 2.01. The number of hydrogen-bond donors (Lipinski definition) is 0. The van der Waals surface area contributed by atoms with Crippen molar-refractivity contribution < 1.29 is 0 Å². The molecule has 1 heterocycles. The van der Waals surface area contributed by atoms with Crippen molar-refractivity contribution in [3.63, 3.8) is 0 Å². The summed E-state index contributed by atoms with van der Waals surface area (Å²) in [5.74, 6) is 1.00. The predicted molar refractivity (Wildman–Crippen MR) is 62.5 cm³/mol. The zero-order valence-electron chi connectivity index (χ0n) is 8.85. The fourth-order valence-electron chi connectivity index (χ4n) is 1.60. The third-order valence-electron chi connectivity index (χ3n) is 2.41. The first-order valence-electron chi connectivity index (χ1n) is 4.99. The lowest BCUT2D eigenvalue weighted by Gasteiger charge is -2.02. The van der Waals surface area contributed by atoms with Crippen LogP contribution in [0.15, 0.2) is 49.3 Å². The van der Waals surface area contributed by atoms with E-state index in [-0.39, 0.29) is 0 Å². The second-order valence-corrected chi connectivity index (χ2v) is 3.55. The van der Waals surface area contributed by atoms with E-state index in [1.807, 2.05) is 30.1 Å². The molecule has 0 radical (unpaired) electrons. The maximum Gasteiger partial charge on any atom is 0.139 e. The van der Waals surface area contributed by atoms with Crippen LogP contribution in [0.3, 0.4) is 0 Å². The van der Waals surface area contributed by atoms with E-state index < -0.39 is 0 Å². The van der Waals surface area contributed by atoms with Crippen LogP contribution >= 0.6 is 0 Å². The minimum Gasteiger partial charge on any atom is -0.334 e. The van der Waals surface area contributed by atoms with Crippen LogP contribution in [0.2, 0.25) is 0 Å². The van der Waals surface area contributed by atoms with Gasteiger partial charge in [-0.05, 0) is 12.0 Å². The van der Waals surface area contributed by atoms with E-state index in [9.17, 15) is 0 Å². The Kier molecular flexibility index (Phi) is 2.68. The first-order valence-corrected chi connectivity index (χ1v) is 4.99. The number of hydrogen-bond acceptors (Lipinski definition) is 1. The van der Waals surface area contributed by atoms with Crippen molar-refractivity contribution in [1.82, 2.24) is 9.55 Å². The molecule has 0 unspecified atom stereocenters. The van der Waals surface area contributed by atoms with Crippen LogP contribution in [-0.2, 0) is 13.5 Å². The van der Waals surface area contributed by atoms with Crippen molar-refractivity contribution in [1.29, 1.82) is 0 Å². The van der Waals surface area contributed by atoms with E-state index in [1.165, 1.54) is 5.56 Å². The first-order chi connectivity index (χ1) is 7.31.